The summed E-state index contributed by atoms with van der Waals surface area (Å²) in [6, 6.07) is 4.12. The lowest BCUT2D eigenvalue weighted by Gasteiger charge is -2.28. The fourth-order valence-corrected chi connectivity index (χ4v) is 3.31. The van der Waals surface area contributed by atoms with Crippen LogP contribution in [-0.4, -0.2) is 33.7 Å². The first kappa shape index (κ1) is 14.1. The Morgan fingerprint density at radius 1 is 1.26 bits per heavy atom. The summed E-state index contributed by atoms with van der Waals surface area (Å²) in [5, 5.41) is 22.4. The first-order valence-electron chi connectivity index (χ1n) is 6.45. The van der Waals surface area contributed by atoms with Crippen LogP contribution in [0.1, 0.15) is 36.0 Å². The molecule has 0 aliphatic heterocycles. The molecule has 4 nitrogen and oxygen atoms in total. The second-order valence-corrected chi connectivity index (χ2v) is 6.07. The van der Waals surface area contributed by atoms with E-state index >= 15 is 0 Å². The molecule has 19 heavy (non-hydrogen) atoms. The zero-order valence-electron chi connectivity index (χ0n) is 10.9. The zero-order valence-corrected chi connectivity index (χ0v) is 11.7. The van der Waals surface area contributed by atoms with Crippen molar-refractivity contribution in [1.29, 1.82) is 0 Å². The van der Waals surface area contributed by atoms with Gasteiger partial charge in [0.15, 0.2) is 0 Å². The van der Waals surface area contributed by atoms with Gasteiger partial charge in [0.25, 0.3) is 5.91 Å². The zero-order chi connectivity index (χ0) is 13.8. The highest BCUT2D eigenvalue weighted by Gasteiger charge is 2.23. The molecule has 0 aromatic heterocycles. The smallest absolute Gasteiger partial charge is 0.251 e. The largest absolute Gasteiger partial charge is 0.508 e. The highest BCUT2D eigenvalue weighted by Crippen LogP contribution is 2.27. The van der Waals surface area contributed by atoms with E-state index in [1.165, 1.54) is 24.6 Å². The Hall–Kier alpha value is -1.36. The molecule has 104 valence electrons. The number of amides is 1. The van der Waals surface area contributed by atoms with E-state index < -0.39 is 0 Å². The van der Waals surface area contributed by atoms with Crippen molar-refractivity contribution in [3.8, 4) is 11.5 Å². The fourth-order valence-electron chi connectivity index (χ4n) is 2.49. The normalized spacial score (nSPS) is 23.0. The number of rotatable bonds is 3. The van der Waals surface area contributed by atoms with Gasteiger partial charge in [-0.25, -0.2) is 0 Å². The number of phenolic OH excluding ortho intramolecular Hbond substituents is 2. The predicted molar refractivity (Wildman–Crippen MR) is 76.8 cm³/mol. The van der Waals surface area contributed by atoms with E-state index in [9.17, 15) is 15.0 Å². The molecule has 0 heterocycles. The summed E-state index contributed by atoms with van der Waals surface area (Å²) in [5.74, 6) is -0.440. The molecule has 1 aliphatic carbocycles. The van der Waals surface area contributed by atoms with Crippen LogP contribution in [-0.2, 0) is 0 Å². The number of aromatic hydroxyl groups is 2. The Bertz CT molecular complexity index is 444. The van der Waals surface area contributed by atoms with E-state index in [1.54, 1.807) is 0 Å². The maximum atomic E-state index is 12.1. The molecule has 0 saturated heterocycles. The highest BCUT2D eigenvalue weighted by molar-refractivity contribution is 7.99. The van der Waals surface area contributed by atoms with Crippen LogP contribution in [0.5, 0.6) is 11.5 Å². The third kappa shape index (κ3) is 3.80. The lowest BCUT2D eigenvalue weighted by molar-refractivity contribution is 0.0927. The number of carbonyl (C=O) groups is 1. The summed E-state index contributed by atoms with van der Waals surface area (Å²) in [5.41, 5.74) is 0.295. The minimum absolute atomic E-state index is 0.101. The molecular weight excluding hydrogens is 262 g/mol. The fraction of sp³-hybridized carbons (Fsp3) is 0.500. The molecule has 2 atom stereocenters. The Labute approximate surface area is 117 Å². The third-order valence-electron chi connectivity index (χ3n) is 3.46. The molecule has 1 amide bonds. The van der Waals surface area contributed by atoms with Gasteiger partial charge in [0.2, 0.25) is 0 Å². The summed E-state index contributed by atoms with van der Waals surface area (Å²) >= 11 is 1.85. The van der Waals surface area contributed by atoms with Crippen LogP contribution in [0, 0.1) is 0 Å². The maximum Gasteiger partial charge on any atom is 0.251 e. The Kier molecular flexibility index (Phi) is 4.58. The first-order valence-corrected chi connectivity index (χ1v) is 7.74. The Balaban J connectivity index is 2.00. The van der Waals surface area contributed by atoms with E-state index in [2.05, 4.69) is 11.6 Å². The van der Waals surface area contributed by atoms with Crippen LogP contribution in [0.15, 0.2) is 18.2 Å². The molecular formula is C14H19NO3S. The topological polar surface area (TPSA) is 69.6 Å². The third-order valence-corrected chi connectivity index (χ3v) is 4.55. The highest BCUT2D eigenvalue weighted by atomic mass is 32.2. The number of benzene rings is 1. The first-order chi connectivity index (χ1) is 9.08. The van der Waals surface area contributed by atoms with Gasteiger partial charge in [-0.3, -0.25) is 4.79 Å². The predicted octanol–water partition coefficient (Wildman–Crippen LogP) is 2.50. The summed E-state index contributed by atoms with van der Waals surface area (Å²) in [4.78, 5) is 12.1. The van der Waals surface area contributed by atoms with E-state index in [1.807, 2.05) is 11.8 Å². The SMILES string of the molecule is CSC1CCCC(NC(=O)c2cc(O)cc(O)c2)C1. The summed E-state index contributed by atoms with van der Waals surface area (Å²) in [6.07, 6.45) is 6.41. The molecule has 3 N–H and O–H groups in total. The van der Waals surface area contributed by atoms with Crippen molar-refractivity contribution in [2.45, 2.75) is 37.0 Å². The van der Waals surface area contributed by atoms with Crippen LogP contribution in [0.25, 0.3) is 0 Å². The van der Waals surface area contributed by atoms with Crippen molar-refractivity contribution < 1.29 is 15.0 Å². The van der Waals surface area contributed by atoms with E-state index in [-0.39, 0.29) is 23.4 Å². The number of carbonyl (C=O) groups excluding carboxylic acids is 1. The van der Waals surface area contributed by atoms with Gasteiger partial charge in [-0.2, -0.15) is 11.8 Å². The molecule has 1 aromatic carbocycles. The van der Waals surface area contributed by atoms with Crippen LogP contribution < -0.4 is 5.32 Å². The van der Waals surface area contributed by atoms with Crippen molar-refractivity contribution in [2.75, 3.05) is 6.26 Å². The van der Waals surface area contributed by atoms with Gasteiger partial charge in [-0.15, -0.1) is 0 Å². The quantitative estimate of drug-likeness (QED) is 0.796. The minimum atomic E-state index is -0.238. The van der Waals surface area contributed by atoms with E-state index in [0.717, 1.165) is 19.3 Å². The van der Waals surface area contributed by atoms with Crippen molar-refractivity contribution >= 4 is 17.7 Å². The number of hydrogen-bond acceptors (Lipinski definition) is 4. The van der Waals surface area contributed by atoms with Gasteiger partial charge in [0.05, 0.1) is 0 Å². The van der Waals surface area contributed by atoms with Crippen LogP contribution in [0.2, 0.25) is 0 Å². The average molecular weight is 281 g/mol. The van der Waals surface area contributed by atoms with Crippen molar-refractivity contribution in [3.05, 3.63) is 23.8 Å². The molecule has 5 heteroatoms. The van der Waals surface area contributed by atoms with Gasteiger partial charge in [0, 0.05) is 22.9 Å². The number of hydrogen-bond donors (Lipinski definition) is 3. The molecule has 1 aliphatic rings. The maximum absolute atomic E-state index is 12.1. The van der Waals surface area contributed by atoms with Crippen molar-refractivity contribution in [2.24, 2.45) is 0 Å². The van der Waals surface area contributed by atoms with Gasteiger partial charge >= 0.3 is 0 Å². The molecule has 1 aromatic rings. The van der Waals surface area contributed by atoms with Crippen LogP contribution in [0.3, 0.4) is 0 Å². The lowest BCUT2D eigenvalue weighted by atomic mass is 9.94. The van der Waals surface area contributed by atoms with Gasteiger partial charge in [0.1, 0.15) is 11.5 Å². The molecule has 1 saturated carbocycles. The molecule has 0 bridgehead atoms. The summed E-state index contributed by atoms with van der Waals surface area (Å²) in [6.45, 7) is 0. The Morgan fingerprint density at radius 2 is 1.95 bits per heavy atom. The molecule has 0 spiro atoms. The van der Waals surface area contributed by atoms with Crippen LogP contribution in [0.4, 0.5) is 0 Å². The second kappa shape index (κ2) is 6.19. The summed E-state index contributed by atoms with van der Waals surface area (Å²) in [7, 11) is 0. The van der Waals surface area contributed by atoms with E-state index in [4.69, 9.17) is 0 Å². The standard InChI is InChI=1S/C14H19NO3S/c1-19-13-4-2-3-10(7-13)15-14(18)9-5-11(16)8-12(17)6-9/h5-6,8,10,13,16-17H,2-4,7H2,1H3,(H,15,18). The average Bonchev–Trinajstić information content (AvgIpc) is 2.37. The van der Waals surface area contributed by atoms with Crippen LogP contribution >= 0.6 is 11.8 Å². The molecule has 2 unspecified atom stereocenters. The minimum Gasteiger partial charge on any atom is -0.508 e. The molecule has 2 rings (SSSR count). The Morgan fingerprint density at radius 3 is 2.58 bits per heavy atom. The van der Waals surface area contributed by atoms with Crippen molar-refractivity contribution in [3.63, 3.8) is 0 Å². The number of thioether (sulfide) groups is 1. The van der Waals surface area contributed by atoms with Gasteiger partial charge in [-0.1, -0.05) is 6.42 Å². The summed E-state index contributed by atoms with van der Waals surface area (Å²) < 4.78 is 0. The van der Waals surface area contributed by atoms with Crippen molar-refractivity contribution in [1.82, 2.24) is 5.32 Å². The molecule has 1 fully saturated rings. The van der Waals surface area contributed by atoms with Gasteiger partial charge in [-0.05, 0) is 37.7 Å². The van der Waals surface area contributed by atoms with Gasteiger partial charge < -0.3 is 15.5 Å². The second-order valence-electron chi connectivity index (χ2n) is 4.93. The monoisotopic (exact) mass is 281 g/mol. The number of nitrogens with one attached hydrogen (secondary N) is 1. The lowest BCUT2D eigenvalue weighted by Crippen LogP contribution is -2.39. The molecule has 0 radical (unpaired) electrons. The van der Waals surface area contributed by atoms with E-state index in [0.29, 0.717) is 10.8 Å². The number of phenols is 2.